The van der Waals surface area contributed by atoms with Crippen LogP contribution in [0.2, 0.25) is 5.02 Å². The average molecular weight is 563 g/mol. The van der Waals surface area contributed by atoms with Crippen molar-refractivity contribution in [1.82, 2.24) is 9.55 Å². The molecular weight excluding hydrogens is 544 g/mol. The van der Waals surface area contributed by atoms with Gasteiger partial charge in [0.1, 0.15) is 11.8 Å². The second kappa shape index (κ2) is 9.86. The summed E-state index contributed by atoms with van der Waals surface area (Å²) in [7, 11) is 0. The lowest BCUT2D eigenvalue weighted by atomic mass is 9.84. The van der Waals surface area contributed by atoms with Crippen molar-refractivity contribution in [2.75, 3.05) is 10.2 Å². The number of nitrogens with one attached hydrogen (secondary N) is 1. The molecule has 1 saturated heterocycles. The molecule has 6 rings (SSSR count). The first-order valence-electron chi connectivity index (χ1n) is 11.7. The second-order valence-corrected chi connectivity index (χ2v) is 11.4. The maximum atomic E-state index is 13.8. The Morgan fingerprint density at radius 3 is 2.45 bits per heavy atom. The van der Waals surface area contributed by atoms with E-state index in [4.69, 9.17) is 11.6 Å². The average Bonchev–Trinajstić information content (AvgIpc) is 3.37. The highest BCUT2D eigenvalue weighted by atomic mass is 35.5. The van der Waals surface area contributed by atoms with Crippen molar-refractivity contribution in [3.05, 3.63) is 104 Å². The molecule has 4 aromatic rings. The minimum absolute atomic E-state index is 0.234. The summed E-state index contributed by atoms with van der Waals surface area (Å²) in [4.78, 5) is 59.2. The first kappa shape index (κ1) is 24.6. The number of para-hydroxylation sites is 1. The van der Waals surface area contributed by atoms with E-state index in [9.17, 15) is 19.2 Å². The lowest BCUT2D eigenvalue weighted by molar-refractivity contribution is -0.122. The summed E-state index contributed by atoms with van der Waals surface area (Å²) in [5.74, 6) is -2.31. The SMILES string of the molecule is O=C(Cn1c2c(sc1=O)C(c1cccnc1)C1C(=O)N(c3ccccc3)C(=O)C1S2)Nc1ccc(Cl)cc1. The van der Waals surface area contributed by atoms with Crippen LogP contribution in [0.3, 0.4) is 0 Å². The van der Waals surface area contributed by atoms with Crippen LogP contribution in [0, 0.1) is 5.92 Å². The van der Waals surface area contributed by atoms with Gasteiger partial charge in [0, 0.05) is 33.9 Å². The summed E-state index contributed by atoms with van der Waals surface area (Å²) in [6.07, 6.45) is 3.29. The van der Waals surface area contributed by atoms with E-state index >= 15 is 0 Å². The number of aromatic nitrogens is 2. The van der Waals surface area contributed by atoms with Crippen molar-refractivity contribution in [1.29, 1.82) is 0 Å². The molecule has 190 valence electrons. The van der Waals surface area contributed by atoms with Gasteiger partial charge in [-0.2, -0.15) is 0 Å². The van der Waals surface area contributed by atoms with Crippen molar-refractivity contribution >= 4 is 63.8 Å². The van der Waals surface area contributed by atoms with Crippen LogP contribution in [0.25, 0.3) is 0 Å². The van der Waals surface area contributed by atoms with E-state index in [2.05, 4.69) is 10.3 Å². The highest BCUT2D eigenvalue weighted by Crippen LogP contribution is 2.53. The first-order chi connectivity index (χ1) is 18.4. The largest absolute Gasteiger partial charge is 0.325 e. The van der Waals surface area contributed by atoms with Crippen LogP contribution in [0.4, 0.5) is 11.4 Å². The van der Waals surface area contributed by atoms with E-state index < -0.39 is 23.0 Å². The highest BCUT2D eigenvalue weighted by molar-refractivity contribution is 8.00. The Kier molecular flexibility index (Phi) is 6.38. The molecule has 2 aliphatic heterocycles. The number of rotatable bonds is 5. The number of amides is 3. The molecule has 0 saturated carbocycles. The van der Waals surface area contributed by atoms with Gasteiger partial charge in [0.25, 0.3) is 0 Å². The topological polar surface area (TPSA) is 101 Å². The zero-order valence-corrected chi connectivity index (χ0v) is 22.0. The van der Waals surface area contributed by atoms with Crippen LogP contribution in [0.5, 0.6) is 0 Å². The van der Waals surface area contributed by atoms with E-state index in [-0.39, 0.29) is 23.2 Å². The van der Waals surface area contributed by atoms with Gasteiger partial charge in [-0.05, 0) is 48.0 Å². The van der Waals surface area contributed by atoms with E-state index in [1.807, 2.05) is 12.1 Å². The van der Waals surface area contributed by atoms with Gasteiger partial charge in [-0.3, -0.25) is 28.7 Å². The summed E-state index contributed by atoms with van der Waals surface area (Å²) in [5, 5.41) is 3.09. The zero-order valence-electron chi connectivity index (χ0n) is 19.6. The number of imide groups is 1. The van der Waals surface area contributed by atoms with Crippen molar-refractivity contribution in [2.24, 2.45) is 5.92 Å². The fraction of sp³-hybridized carbons (Fsp3) is 0.148. The van der Waals surface area contributed by atoms with Gasteiger partial charge >= 0.3 is 4.87 Å². The Morgan fingerprint density at radius 2 is 1.74 bits per heavy atom. The van der Waals surface area contributed by atoms with Gasteiger partial charge in [-0.25, -0.2) is 4.90 Å². The standard InChI is InChI=1S/C27H19ClN4O4S2/c28-16-8-10-17(11-9-16)30-19(33)14-31-26-23(38-27(31)36)20(15-5-4-12-29-13-15)21-22(37-26)25(35)32(24(21)34)18-6-2-1-3-7-18/h1-13,20-22H,14H2,(H,30,33). The normalized spacial score (nSPS) is 20.2. The molecule has 2 aromatic heterocycles. The zero-order chi connectivity index (χ0) is 26.4. The minimum atomic E-state index is -0.750. The summed E-state index contributed by atoms with van der Waals surface area (Å²) in [5.41, 5.74) is 1.79. The van der Waals surface area contributed by atoms with E-state index in [0.29, 0.717) is 26.3 Å². The number of thiazole rings is 1. The van der Waals surface area contributed by atoms with Crippen molar-refractivity contribution in [2.45, 2.75) is 22.7 Å². The molecule has 2 aliphatic rings. The number of pyridine rings is 1. The van der Waals surface area contributed by atoms with Gasteiger partial charge in [-0.15, -0.1) is 0 Å². The minimum Gasteiger partial charge on any atom is -0.325 e. The molecule has 0 radical (unpaired) electrons. The molecule has 3 unspecified atom stereocenters. The Balaban J connectivity index is 1.40. The number of carbonyl (C=O) groups excluding carboxylic acids is 3. The van der Waals surface area contributed by atoms with Crippen molar-refractivity contribution < 1.29 is 14.4 Å². The van der Waals surface area contributed by atoms with Gasteiger partial charge < -0.3 is 5.32 Å². The molecule has 0 aliphatic carbocycles. The number of halogens is 1. The van der Waals surface area contributed by atoms with Gasteiger partial charge in [-0.1, -0.05) is 59.0 Å². The third kappa shape index (κ3) is 4.24. The molecule has 11 heteroatoms. The Labute approximate surface area is 230 Å². The lowest BCUT2D eigenvalue weighted by Gasteiger charge is -2.30. The molecule has 0 spiro atoms. The number of carbonyl (C=O) groups is 3. The molecular formula is C27H19ClN4O4S2. The molecule has 4 heterocycles. The quantitative estimate of drug-likeness (QED) is 0.362. The number of nitrogens with zero attached hydrogens (tertiary/aromatic N) is 3. The van der Waals surface area contributed by atoms with Gasteiger partial charge in [0.15, 0.2) is 0 Å². The Bertz CT molecular complexity index is 1610. The molecule has 0 bridgehead atoms. The van der Waals surface area contributed by atoms with Gasteiger partial charge in [0.2, 0.25) is 17.7 Å². The summed E-state index contributed by atoms with van der Waals surface area (Å²) in [6.45, 7) is -0.234. The van der Waals surface area contributed by atoms with Crippen LogP contribution in [0.1, 0.15) is 16.4 Å². The number of benzene rings is 2. The Hall–Kier alpha value is -3.73. The molecule has 8 nitrogen and oxygen atoms in total. The van der Waals surface area contributed by atoms with Crippen LogP contribution in [0.15, 0.2) is 88.9 Å². The highest BCUT2D eigenvalue weighted by Gasteiger charge is 2.56. The van der Waals surface area contributed by atoms with E-state index in [1.54, 1.807) is 67.0 Å². The molecule has 3 amide bonds. The predicted molar refractivity (Wildman–Crippen MR) is 147 cm³/mol. The smallest absolute Gasteiger partial charge is 0.308 e. The second-order valence-electron chi connectivity index (χ2n) is 8.85. The summed E-state index contributed by atoms with van der Waals surface area (Å²) >= 11 is 8.10. The molecule has 1 fully saturated rings. The molecule has 38 heavy (non-hydrogen) atoms. The molecule has 3 atom stereocenters. The Morgan fingerprint density at radius 1 is 0.974 bits per heavy atom. The van der Waals surface area contributed by atoms with Crippen LogP contribution in [-0.2, 0) is 20.9 Å². The fourth-order valence-electron chi connectivity index (χ4n) is 4.88. The van der Waals surface area contributed by atoms with E-state index in [1.165, 1.54) is 21.2 Å². The summed E-state index contributed by atoms with van der Waals surface area (Å²) in [6, 6.07) is 19.1. The van der Waals surface area contributed by atoms with Crippen LogP contribution in [-0.4, -0.2) is 32.5 Å². The monoisotopic (exact) mass is 562 g/mol. The first-order valence-corrected chi connectivity index (χ1v) is 13.8. The fourth-order valence-corrected chi connectivity index (χ4v) is 7.78. The van der Waals surface area contributed by atoms with Crippen LogP contribution < -0.4 is 15.1 Å². The van der Waals surface area contributed by atoms with E-state index in [0.717, 1.165) is 16.9 Å². The number of thioether (sulfide) groups is 1. The third-order valence-electron chi connectivity index (χ3n) is 6.54. The summed E-state index contributed by atoms with van der Waals surface area (Å²) < 4.78 is 1.39. The molecule has 1 N–H and O–H groups in total. The van der Waals surface area contributed by atoms with Crippen molar-refractivity contribution in [3.63, 3.8) is 0 Å². The van der Waals surface area contributed by atoms with Crippen molar-refractivity contribution in [3.8, 4) is 0 Å². The number of hydrogen-bond acceptors (Lipinski definition) is 7. The predicted octanol–water partition coefficient (Wildman–Crippen LogP) is 4.39. The maximum Gasteiger partial charge on any atom is 0.308 e. The van der Waals surface area contributed by atoms with Crippen LogP contribution >= 0.6 is 34.7 Å². The number of hydrogen-bond donors (Lipinski definition) is 1. The third-order valence-corrected chi connectivity index (χ3v) is 9.39. The molecule has 2 aromatic carbocycles. The van der Waals surface area contributed by atoms with Gasteiger partial charge in [0.05, 0.1) is 16.6 Å². The number of fused-ring (bicyclic) bond motifs is 2. The number of anilines is 2. The lowest BCUT2D eigenvalue weighted by Crippen LogP contribution is -2.33. The maximum absolute atomic E-state index is 13.8.